The van der Waals surface area contributed by atoms with Crippen LogP contribution < -0.4 is 4.74 Å². The lowest BCUT2D eigenvalue weighted by Crippen LogP contribution is -1.96. The van der Waals surface area contributed by atoms with Gasteiger partial charge in [-0.05, 0) is 43.0 Å². The molecule has 16 heavy (non-hydrogen) atoms. The van der Waals surface area contributed by atoms with Gasteiger partial charge in [0.05, 0.1) is 7.11 Å². The molecule has 1 nitrogen and oxygen atoms in total. The number of methoxy groups -OCH3 is 1. The molecule has 0 saturated heterocycles. The summed E-state index contributed by atoms with van der Waals surface area (Å²) in [6.45, 7) is 10.2. The molecule has 0 aliphatic heterocycles. The van der Waals surface area contributed by atoms with Crippen molar-refractivity contribution in [1.29, 1.82) is 0 Å². The smallest absolute Gasteiger partial charge is 0.129 e. The molecule has 0 saturated carbocycles. The van der Waals surface area contributed by atoms with Gasteiger partial charge in [-0.3, -0.25) is 0 Å². The van der Waals surface area contributed by atoms with Crippen LogP contribution in [0.1, 0.15) is 35.6 Å². The van der Waals surface area contributed by atoms with Crippen LogP contribution in [-0.4, -0.2) is 7.11 Å². The van der Waals surface area contributed by atoms with Crippen molar-refractivity contribution in [2.45, 2.75) is 27.2 Å². The molecule has 0 amide bonds. The number of hydrogen-bond acceptors (Lipinski definition) is 1. The lowest BCUT2D eigenvalue weighted by atomic mass is 9.97. The minimum Gasteiger partial charge on any atom is -0.496 e. The van der Waals surface area contributed by atoms with Crippen molar-refractivity contribution >= 4 is 12.2 Å². The van der Waals surface area contributed by atoms with E-state index in [0.29, 0.717) is 0 Å². The molecular formula is C15H20O. The van der Waals surface area contributed by atoms with Crippen molar-refractivity contribution in [2.75, 3.05) is 7.11 Å². The van der Waals surface area contributed by atoms with Gasteiger partial charge in [0.25, 0.3) is 0 Å². The number of rotatable bonds is 4. The number of ether oxygens (including phenoxy) is 1. The summed E-state index contributed by atoms with van der Waals surface area (Å²) in [5.41, 5.74) is 4.72. The van der Waals surface area contributed by atoms with E-state index < -0.39 is 0 Å². The molecule has 1 rings (SSSR count). The molecule has 0 N–H and O–H groups in total. The lowest BCUT2D eigenvalue weighted by Gasteiger charge is -2.14. The fourth-order valence-electron chi connectivity index (χ4n) is 1.88. The van der Waals surface area contributed by atoms with Gasteiger partial charge in [0.2, 0.25) is 0 Å². The standard InChI is InChI=1S/C15H20O/c1-6-8-9-13-10-11(3)15(16-5)14(7-2)12(13)4/h7-10H,2,6H2,1,3-5H3/b9-8-. The fourth-order valence-corrected chi connectivity index (χ4v) is 1.88. The number of hydrogen-bond donors (Lipinski definition) is 0. The zero-order valence-corrected chi connectivity index (χ0v) is 10.6. The third-order valence-electron chi connectivity index (χ3n) is 2.75. The maximum absolute atomic E-state index is 5.41. The van der Waals surface area contributed by atoms with E-state index in [1.165, 1.54) is 11.1 Å². The average molecular weight is 216 g/mol. The minimum atomic E-state index is 0.932. The molecule has 0 spiro atoms. The molecule has 0 radical (unpaired) electrons. The van der Waals surface area contributed by atoms with Crippen molar-refractivity contribution in [1.82, 2.24) is 0 Å². The molecule has 0 bridgehead atoms. The van der Waals surface area contributed by atoms with Crippen LogP contribution >= 0.6 is 0 Å². The molecule has 1 heteroatoms. The summed E-state index contributed by atoms with van der Waals surface area (Å²) in [4.78, 5) is 0. The third-order valence-corrected chi connectivity index (χ3v) is 2.75. The van der Waals surface area contributed by atoms with Crippen molar-refractivity contribution in [3.8, 4) is 5.75 Å². The van der Waals surface area contributed by atoms with Gasteiger partial charge < -0.3 is 4.74 Å². The van der Waals surface area contributed by atoms with Gasteiger partial charge in [-0.1, -0.05) is 31.7 Å². The monoisotopic (exact) mass is 216 g/mol. The Labute approximate surface area is 98.5 Å². The summed E-state index contributed by atoms with van der Waals surface area (Å²) < 4.78 is 5.41. The third kappa shape index (κ3) is 2.35. The van der Waals surface area contributed by atoms with Crippen molar-refractivity contribution in [3.63, 3.8) is 0 Å². The highest BCUT2D eigenvalue weighted by Gasteiger charge is 2.09. The summed E-state index contributed by atoms with van der Waals surface area (Å²) in [6, 6.07) is 2.16. The van der Waals surface area contributed by atoms with E-state index in [9.17, 15) is 0 Å². The van der Waals surface area contributed by atoms with Crippen molar-refractivity contribution in [2.24, 2.45) is 0 Å². The maximum atomic E-state index is 5.41. The van der Waals surface area contributed by atoms with Crippen molar-refractivity contribution < 1.29 is 4.74 Å². The van der Waals surface area contributed by atoms with Crippen LogP contribution in [0.15, 0.2) is 18.7 Å². The first-order chi connectivity index (χ1) is 7.65. The van der Waals surface area contributed by atoms with Crippen LogP contribution in [0.2, 0.25) is 0 Å². The normalized spacial score (nSPS) is 10.8. The Morgan fingerprint density at radius 1 is 1.38 bits per heavy atom. The van der Waals surface area contributed by atoms with Gasteiger partial charge >= 0.3 is 0 Å². The molecule has 1 aromatic carbocycles. The Balaban J connectivity index is 3.39. The first kappa shape index (κ1) is 12.6. The lowest BCUT2D eigenvalue weighted by molar-refractivity contribution is 0.410. The fraction of sp³-hybridized carbons (Fsp3) is 0.333. The zero-order valence-electron chi connectivity index (χ0n) is 10.6. The molecule has 0 aliphatic rings. The summed E-state index contributed by atoms with van der Waals surface area (Å²) in [6.07, 6.45) is 7.24. The second-order valence-corrected chi connectivity index (χ2v) is 3.87. The van der Waals surface area contributed by atoms with Gasteiger partial charge in [0, 0.05) is 5.56 Å². The zero-order chi connectivity index (χ0) is 12.1. The van der Waals surface area contributed by atoms with E-state index in [2.05, 4.69) is 45.6 Å². The van der Waals surface area contributed by atoms with E-state index in [4.69, 9.17) is 4.74 Å². The predicted octanol–water partition coefficient (Wildman–Crippen LogP) is 4.38. The van der Waals surface area contributed by atoms with E-state index >= 15 is 0 Å². The highest BCUT2D eigenvalue weighted by atomic mass is 16.5. The molecule has 0 aromatic heterocycles. The summed E-state index contributed by atoms with van der Waals surface area (Å²) in [7, 11) is 1.70. The van der Waals surface area contributed by atoms with E-state index in [1.807, 2.05) is 6.08 Å². The first-order valence-electron chi connectivity index (χ1n) is 5.62. The van der Waals surface area contributed by atoms with Gasteiger partial charge in [-0.2, -0.15) is 0 Å². The van der Waals surface area contributed by atoms with Crippen molar-refractivity contribution in [3.05, 3.63) is 41.0 Å². The van der Waals surface area contributed by atoms with Crippen LogP contribution in [0.3, 0.4) is 0 Å². The summed E-state index contributed by atoms with van der Waals surface area (Å²) in [5, 5.41) is 0. The van der Waals surface area contributed by atoms with E-state index in [0.717, 1.165) is 23.3 Å². The molecule has 86 valence electrons. The molecule has 1 aromatic rings. The molecule has 0 aliphatic carbocycles. The summed E-state index contributed by atoms with van der Waals surface area (Å²) >= 11 is 0. The maximum Gasteiger partial charge on any atom is 0.129 e. The van der Waals surface area contributed by atoms with E-state index in [-0.39, 0.29) is 0 Å². The molecule has 0 fully saturated rings. The number of benzene rings is 1. The predicted molar refractivity (Wildman–Crippen MR) is 71.9 cm³/mol. The Bertz CT molecular complexity index is 414. The van der Waals surface area contributed by atoms with Gasteiger partial charge in [0.1, 0.15) is 5.75 Å². The van der Waals surface area contributed by atoms with Gasteiger partial charge in [0.15, 0.2) is 0 Å². The van der Waals surface area contributed by atoms with Crippen LogP contribution in [0.5, 0.6) is 5.75 Å². The Hall–Kier alpha value is -1.50. The number of aryl methyl sites for hydroxylation is 1. The molecule has 0 atom stereocenters. The Kier molecular flexibility index (Phi) is 4.36. The first-order valence-corrected chi connectivity index (χ1v) is 5.62. The van der Waals surface area contributed by atoms with Crippen LogP contribution in [0, 0.1) is 13.8 Å². The van der Waals surface area contributed by atoms with Gasteiger partial charge in [-0.25, -0.2) is 0 Å². The average Bonchev–Trinajstić information content (AvgIpc) is 2.29. The molecule has 0 unspecified atom stereocenters. The van der Waals surface area contributed by atoms with Crippen LogP contribution in [0.4, 0.5) is 0 Å². The molecular weight excluding hydrogens is 196 g/mol. The second-order valence-electron chi connectivity index (χ2n) is 3.87. The highest BCUT2D eigenvalue weighted by Crippen LogP contribution is 2.30. The Morgan fingerprint density at radius 3 is 2.56 bits per heavy atom. The highest BCUT2D eigenvalue weighted by molar-refractivity contribution is 5.69. The Morgan fingerprint density at radius 2 is 2.06 bits per heavy atom. The minimum absolute atomic E-state index is 0.932. The van der Waals surface area contributed by atoms with E-state index in [1.54, 1.807) is 7.11 Å². The van der Waals surface area contributed by atoms with Crippen LogP contribution in [-0.2, 0) is 0 Å². The number of allylic oxidation sites excluding steroid dienone is 1. The van der Waals surface area contributed by atoms with Crippen LogP contribution in [0.25, 0.3) is 12.2 Å². The summed E-state index contributed by atoms with van der Waals surface area (Å²) in [5.74, 6) is 0.932. The molecule has 0 heterocycles. The second kappa shape index (κ2) is 5.55. The largest absolute Gasteiger partial charge is 0.496 e. The quantitative estimate of drug-likeness (QED) is 0.725. The SMILES string of the molecule is C=Cc1c(C)c(/C=C\CC)cc(C)c1OC. The van der Waals surface area contributed by atoms with Gasteiger partial charge in [-0.15, -0.1) is 0 Å². The topological polar surface area (TPSA) is 9.23 Å².